The Kier molecular flexibility index (Phi) is 5.07. The third-order valence-corrected chi connectivity index (χ3v) is 4.15. The average Bonchev–Trinajstić information content (AvgIpc) is 2.73. The van der Waals surface area contributed by atoms with Gasteiger partial charge in [-0.05, 0) is 13.8 Å². The molecule has 0 aliphatic carbocycles. The summed E-state index contributed by atoms with van der Waals surface area (Å²) in [5.41, 5.74) is 0. The predicted molar refractivity (Wildman–Crippen MR) is 66.4 cm³/mol. The minimum atomic E-state index is -2.89. The van der Waals surface area contributed by atoms with Gasteiger partial charge in [-0.3, -0.25) is 0 Å². The molecular weight excluding hydrogens is 240 g/mol. The highest BCUT2D eigenvalue weighted by Gasteiger charge is 2.09. The quantitative estimate of drug-likeness (QED) is 0.717. The number of hydrogen-bond donors (Lipinski definition) is 1. The van der Waals surface area contributed by atoms with Crippen molar-refractivity contribution < 1.29 is 8.42 Å². The van der Waals surface area contributed by atoms with Crippen LogP contribution in [0.5, 0.6) is 0 Å². The third-order valence-electron chi connectivity index (χ3n) is 2.45. The largest absolute Gasteiger partial charge is 0.309 e. The summed E-state index contributed by atoms with van der Waals surface area (Å²) in [5.74, 6) is 1.18. The van der Waals surface area contributed by atoms with Crippen LogP contribution in [0.25, 0.3) is 0 Å². The molecule has 7 heteroatoms. The number of nitrogens with zero attached hydrogens (tertiary/aromatic N) is 3. The van der Waals surface area contributed by atoms with E-state index in [2.05, 4.69) is 15.4 Å². The van der Waals surface area contributed by atoms with Crippen LogP contribution in [-0.4, -0.2) is 41.2 Å². The first-order valence-electron chi connectivity index (χ1n) is 5.75. The first kappa shape index (κ1) is 14.1. The van der Waals surface area contributed by atoms with Gasteiger partial charge in [-0.2, -0.15) is 5.10 Å². The zero-order chi connectivity index (χ0) is 12.9. The van der Waals surface area contributed by atoms with Crippen LogP contribution < -0.4 is 5.32 Å². The summed E-state index contributed by atoms with van der Waals surface area (Å²) >= 11 is 0. The average molecular weight is 260 g/mol. The lowest BCUT2D eigenvalue weighted by Crippen LogP contribution is -2.25. The van der Waals surface area contributed by atoms with Gasteiger partial charge in [0.1, 0.15) is 12.2 Å². The van der Waals surface area contributed by atoms with E-state index < -0.39 is 9.84 Å². The van der Waals surface area contributed by atoms with Crippen LogP contribution >= 0.6 is 0 Å². The van der Waals surface area contributed by atoms with E-state index in [0.717, 1.165) is 5.82 Å². The second-order valence-electron chi connectivity index (χ2n) is 4.13. The molecular formula is C10H20N4O2S. The molecule has 1 rings (SSSR count). The lowest BCUT2D eigenvalue weighted by molar-refractivity contribution is 0.492. The topological polar surface area (TPSA) is 76.9 Å². The lowest BCUT2D eigenvalue weighted by Gasteiger charge is -2.09. The van der Waals surface area contributed by atoms with Crippen molar-refractivity contribution in [2.24, 2.45) is 0 Å². The number of hydrogen-bond acceptors (Lipinski definition) is 5. The van der Waals surface area contributed by atoms with Crippen molar-refractivity contribution in [3.05, 3.63) is 12.2 Å². The van der Waals surface area contributed by atoms with Crippen molar-refractivity contribution >= 4 is 9.84 Å². The molecule has 0 saturated carbocycles. The fourth-order valence-corrected chi connectivity index (χ4v) is 2.15. The highest BCUT2D eigenvalue weighted by Crippen LogP contribution is 2.04. The molecule has 1 heterocycles. The monoisotopic (exact) mass is 260 g/mol. The summed E-state index contributed by atoms with van der Waals surface area (Å²) in [4.78, 5) is 4.13. The van der Waals surface area contributed by atoms with Gasteiger partial charge in [-0.1, -0.05) is 6.92 Å². The van der Waals surface area contributed by atoms with Crippen LogP contribution in [0.15, 0.2) is 6.33 Å². The van der Waals surface area contributed by atoms with Crippen LogP contribution in [0, 0.1) is 0 Å². The highest BCUT2D eigenvalue weighted by molar-refractivity contribution is 7.91. The van der Waals surface area contributed by atoms with Gasteiger partial charge >= 0.3 is 0 Å². The maximum Gasteiger partial charge on any atom is 0.151 e. The molecule has 0 unspecified atom stereocenters. The van der Waals surface area contributed by atoms with Crippen LogP contribution in [0.2, 0.25) is 0 Å². The van der Waals surface area contributed by atoms with E-state index in [1.165, 1.54) is 6.33 Å². The normalized spacial score (nSPS) is 12.2. The maximum atomic E-state index is 11.3. The van der Waals surface area contributed by atoms with Gasteiger partial charge < -0.3 is 5.32 Å². The van der Waals surface area contributed by atoms with Gasteiger partial charge in [-0.25, -0.2) is 18.1 Å². The number of sulfone groups is 1. The molecule has 0 aliphatic heterocycles. The smallest absolute Gasteiger partial charge is 0.151 e. The molecule has 0 atom stereocenters. The molecule has 1 aromatic heterocycles. The molecule has 0 aliphatic rings. The number of nitrogens with one attached hydrogen (secondary N) is 1. The zero-order valence-electron chi connectivity index (χ0n) is 10.5. The Morgan fingerprint density at radius 2 is 2.18 bits per heavy atom. The fourth-order valence-electron chi connectivity index (χ4n) is 1.40. The SMILES string of the molecule is CCS(=O)(=O)CCNCc1ncnn1C(C)C. The van der Waals surface area contributed by atoms with E-state index in [1.54, 1.807) is 6.92 Å². The van der Waals surface area contributed by atoms with Crippen LogP contribution in [0.1, 0.15) is 32.6 Å². The standard InChI is InChI=1S/C10H20N4O2S/c1-4-17(15,16)6-5-11-7-10-12-8-13-14(10)9(2)3/h8-9,11H,4-7H2,1-3H3. The first-order valence-corrected chi connectivity index (χ1v) is 7.58. The van der Waals surface area contributed by atoms with Gasteiger partial charge in [0.2, 0.25) is 0 Å². The van der Waals surface area contributed by atoms with Gasteiger partial charge in [0, 0.05) is 18.3 Å². The summed E-state index contributed by atoms with van der Waals surface area (Å²) in [6.07, 6.45) is 1.51. The van der Waals surface area contributed by atoms with E-state index >= 15 is 0 Å². The Labute approximate surface area is 102 Å². The van der Waals surface area contributed by atoms with Crippen molar-refractivity contribution in [1.29, 1.82) is 0 Å². The number of aromatic nitrogens is 3. The van der Waals surface area contributed by atoms with E-state index in [-0.39, 0.29) is 17.5 Å². The van der Waals surface area contributed by atoms with E-state index in [0.29, 0.717) is 13.1 Å². The summed E-state index contributed by atoms with van der Waals surface area (Å²) in [5, 5.41) is 7.18. The Hall–Kier alpha value is -0.950. The molecule has 1 aromatic rings. The Morgan fingerprint density at radius 1 is 1.47 bits per heavy atom. The highest BCUT2D eigenvalue weighted by atomic mass is 32.2. The van der Waals surface area contributed by atoms with Gasteiger partial charge in [0.25, 0.3) is 0 Å². The number of rotatable bonds is 7. The van der Waals surface area contributed by atoms with Crippen molar-refractivity contribution in [2.45, 2.75) is 33.4 Å². The van der Waals surface area contributed by atoms with Crippen molar-refractivity contribution in [1.82, 2.24) is 20.1 Å². The van der Waals surface area contributed by atoms with E-state index in [4.69, 9.17) is 0 Å². The molecule has 0 fully saturated rings. The lowest BCUT2D eigenvalue weighted by atomic mass is 10.4. The van der Waals surface area contributed by atoms with Gasteiger partial charge in [-0.15, -0.1) is 0 Å². The van der Waals surface area contributed by atoms with E-state index in [9.17, 15) is 8.42 Å². The third kappa shape index (κ3) is 4.43. The second-order valence-corrected chi connectivity index (χ2v) is 6.60. The molecule has 0 bridgehead atoms. The molecule has 0 aromatic carbocycles. The molecule has 6 nitrogen and oxygen atoms in total. The molecule has 0 spiro atoms. The van der Waals surface area contributed by atoms with Crippen LogP contribution in [-0.2, 0) is 16.4 Å². The van der Waals surface area contributed by atoms with Crippen molar-refractivity contribution in [3.8, 4) is 0 Å². The van der Waals surface area contributed by atoms with Crippen molar-refractivity contribution in [3.63, 3.8) is 0 Å². The summed E-state index contributed by atoms with van der Waals surface area (Å²) < 4.78 is 24.3. The molecule has 98 valence electrons. The Morgan fingerprint density at radius 3 is 2.76 bits per heavy atom. The summed E-state index contributed by atoms with van der Waals surface area (Å²) in [7, 11) is -2.89. The van der Waals surface area contributed by atoms with Crippen molar-refractivity contribution in [2.75, 3.05) is 18.1 Å². The zero-order valence-corrected chi connectivity index (χ0v) is 11.4. The molecule has 0 amide bonds. The predicted octanol–water partition coefficient (Wildman–Crippen LogP) is 0.383. The summed E-state index contributed by atoms with van der Waals surface area (Å²) in [6.45, 7) is 6.70. The minimum Gasteiger partial charge on any atom is -0.309 e. The Bertz CT molecular complexity index is 439. The molecule has 17 heavy (non-hydrogen) atoms. The Balaban J connectivity index is 2.39. The van der Waals surface area contributed by atoms with Gasteiger partial charge in [0.15, 0.2) is 9.84 Å². The fraction of sp³-hybridized carbons (Fsp3) is 0.800. The molecule has 0 radical (unpaired) electrons. The van der Waals surface area contributed by atoms with E-state index in [1.807, 2.05) is 18.5 Å². The van der Waals surface area contributed by atoms with Gasteiger partial charge in [0.05, 0.1) is 12.3 Å². The molecule has 0 saturated heterocycles. The maximum absolute atomic E-state index is 11.3. The van der Waals surface area contributed by atoms with Crippen LogP contribution in [0.4, 0.5) is 0 Å². The van der Waals surface area contributed by atoms with Crippen LogP contribution in [0.3, 0.4) is 0 Å². The first-order chi connectivity index (χ1) is 7.96. The summed E-state index contributed by atoms with van der Waals surface area (Å²) in [6, 6.07) is 0.258. The second kappa shape index (κ2) is 6.11. The minimum absolute atomic E-state index is 0.166. The molecule has 1 N–H and O–H groups in total.